The van der Waals surface area contributed by atoms with Gasteiger partial charge in [-0.3, -0.25) is 4.79 Å². The van der Waals surface area contributed by atoms with Crippen LogP contribution in [0.3, 0.4) is 0 Å². The van der Waals surface area contributed by atoms with Crippen LogP contribution >= 0.6 is 23.7 Å². The highest BCUT2D eigenvalue weighted by Crippen LogP contribution is 2.21. The first-order chi connectivity index (χ1) is 12.0. The molecule has 1 fully saturated rings. The Hall–Kier alpha value is -1.56. The molecule has 1 amide bonds. The van der Waals surface area contributed by atoms with E-state index in [0.29, 0.717) is 37.0 Å². The SMILES string of the molecule is Cl.NCc1nc(C(=O)Nc2cccc(S(=O)(=O)N3CCOCC3)c2)cs1. The molecule has 1 saturated heterocycles. The van der Waals surface area contributed by atoms with Gasteiger partial charge in [0.25, 0.3) is 5.91 Å². The number of nitrogens with two attached hydrogens (primary N) is 1. The molecular weight excluding hydrogens is 400 g/mol. The van der Waals surface area contributed by atoms with Crippen molar-refractivity contribution in [2.45, 2.75) is 11.4 Å². The van der Waals surface area contributed by atoms with E-state index < -0.39 is 15.9 Å². The summed E-state index contributed by atoms with van der Waals surface area (Å²) in [5.41, 5.74) is 6.14. The molecule has 26 heavy (non-hydrogen) atoms. The Morgan fingerprint density at radius 1 is 1.35 bits per heavy atom. The molecule has 1 aromatic heterocycles. The summed E-state index contributed by atoms with van der Waals surface area (Å²) in [6, 6.07) is 6.18. The predicted octanol–water partition coefficient (Wildman–Crippen LogP) is 1.30. The lowest BCUT2D eigenvalue weighted by atomic mass is 10.3. The van der Waals surface area contributed by atoms with E-state index in [4.69, 9.17) is 10.5 Å². The molecule has 3 N–H and O–H groups in total. The number of benzene rings is 1. The van der Waals surface area contributed by atoms with Crippen molar-refractivity contribution in [1.82, 2.24) is 9.29 Å². The van der Waals surface area contributed by atoms with E-state index in [9.17, 15) is 13.2 Å². The molecule has 0 spiro atoms. The smallest absolute Gasteiger partial charge is 0.275 e. The molecule has 0 radical (unpaired) electrons. The van der Waals surface area contributed by atoms with Crippen molar-refractivity contribution >= 4 is 45.4 Å². The Balaban J connectivity index is 0.00000243. The third-order valence-corrected chi connectivity index (χ3v) is 6.42. The normalized spacial score (nSPS) is 15.3. The third kappa shape index (κ3) is 4.58. The Morgan fingerprint density at radius 2 is 2.08 bits per heavy atom. The van der Waals surface area contributed by atoms with Gasteiger partial charge in [-0.2, -0.15) is 4.31 Å². The van der Waals surface area contributed by atoms with Crippen molar-refractivity contribution in [3.05, 3.63) is 40.3 Å². The number of morpholine rings is 1. The van der Waals surface area contributed by atoms with Gasteiger partial charge in [-0.15, -0.1) is 23.7 Å². The van der Waals surface area contributed by atoms with Crippen LogP contribution in [0.2, 0.25) is 0 Å². The lowest BCUT2D eigenvalue weighted by Crippen LogP contribution is -2.40. The summed E-state index contributed by atoms with van der Waals surface area (Å²) in [4.78, 5) is 16.5. The number of aromatic nitrogens is 1. The molecule has 0 bridgehead atoms. The molecule has 1 aromatic carbocycles. The minimum absolute atomic E-state index is 0. The van der Waals surface area contributed by atoms with Crippen LogP contribution in [0.15, 0.2) is 34.5 Å². The van der Waals surface area contributed by atoms with Gasteiger partial charge in [0.1, 0.15) is 10.7 Å². The number of hydrogen-bond donors (Lipinski definition) is 2. The van der Waals surface area contributed by atoms with Crippen LogP contribution in [0.5, 0.6) is 0 Å². The number of nitrogens with zero attached hydrogens (tertiary/aromatic N) is 2. The van der Waals surface area contributed by atoms with Crippen LogP contribution in [0.1, 0.15) is 15.5 Å². The summed E-state index contributed by atoms with van der Waals surface area (Å²) in [7, 11) is -3.61. The fraction of sp³-hybridized carbons (Fsp3) is 0.333. The monoisotopic (exact) mass is 418 g/mol. The van der Waals surface area contributed by atoms with Crippen molar-refractivity contribution in [1.29, 1.82) is 0 Å². The zero-order chi connectivity index (χ0) is 17.9. The molecule has 11 heteroatoms. The van der Waals surface area contributed by atoms with E-state index in [1.165, 1.54) is 27.8 Å². The molecule has 1 aliphatic heterocycles. The molecule has 0 atom stereocenters. The van der Waals surface area contributed by atoms with Crippen molar-refractivity contribution in [3.63, 3.8) is 0 Å². The molecule has 3 rings (SSSR count). The Kier molecular flexibility index (Phi) is 7.09. The molecule has 2 heterocycles. The van der Waals surface area contributed by atoms with Crippen LogP contribution < -0.4 is 11.1 Å². The van der Waals surface area contributed by atoms with E-state index in [-0.39, 0.29) is 29.5 Å². The molecule has 142 valence electrons. The second kappa shape index (κ2) is 8.89. The Labute approximate surface area is 161 Å². The lowest BCUT2D eigenvalue weighted by molar-refractivity contribution is 0.0730. The van der Waals surface area contributed by atoms with Gasteiger partial charge < -0.3 is 15.8 Å². The van der Waals surface area contributed by atoms with Gasteiger partial charge in [0.15, 0.2) is 0 Å². The van der Waals surface area contributed by atoms with E-state index in [0.717, 1.165) is 0 Å². The molecule has 1 aliphatic rings. The first kappa shape index (κ1) is 20.7. The second-order valence-electron chi connectivity index (χ2n) is 5.33. The summed E-state index contributed by atoms with van der Waals surface area (Å²) < 4.78 is 31.9. The quantitative estimate of drug-likeness (QED) is 0.756. The predicted molar refractivity (Wildman–Crippen MR) is 101 cm³/mol. The van der Waals surface area contributed by atoms with E-state index >= 15 is 0 Å². The van der Waals surface area contributed by atoms with E-state index in [2.05, 4.69) is 10.3 Å². The number of sulfonamides is 1. The Bertz CT molecular complexity index is 866. The van der Waals surface area contributed by atoms with E-state index in [1.54, 1.807) is 17.5 Å². The van der Waals surface area contributed by atoms with Crippen LogP contribution in [0, 0.1) is 0 Å². The highest BCUT2D eigenvalue weighted by molar-refractivity contribution is 7.89. The topological polar surface area (TPSA) is 115 Å². The van der Waals surface area contributed by atoms with Crippen LogP contribution in [0.4, 0.5) is 5.69 Å². The van der Waals surface area contributed by atoms with Crippen molar-refractivity contribution < 1.29 is 17.9 Å². The molecular formula is C15H19ClN4O4S2. The summed E-state index contributed by atoms with van der Waals surface area (Å²) >= 11 is 1.30. The summed E-state index contributed by atoms with van der Waals surface area (Å²) in [6.07, 6.45) is 0. The van der Waals surface area contributed by atoms with Crippen molar-refractivity contribution in [3.8, 4) is 0 Å². The van der Waals surface area contributed by atoms with Gasteiger partial charge in [-0.05, 0) is 18.2 Å². The van der Waals surface area contributed by atoms with Gasteiger partial charge >= 0.3 is 0 Å². The summed E-state index contributed by atoms with van der Waals surface area (Å²) in [5, 5.41) is 4.95. The number of amides is 1. The van der Waals surface area contributed by atoms with Crippen LogP contribution in [-0.2, 0) is 21.3 Å². The van der Waals surface area contributed by atoms with Gasteiger partial charge in [0.05, 0.1) is 18.1 Å². The summed E-state index contributed by atoms with van der Waals surface area (Å²) in [5.74, 6) is -0.406. The summed E-state index contributed by atoms with van der Waals surface area (Å²) in [6.45, 7) is 1.66. The number of carbonyl (C=O) groups is 1. The number of anilines is 1. The number of thiazole rings is 1. The molecule has 0 saturated carbocycles. The minimum atomic E-state index is -3.61. The fourth-order valence-corrected chi connectivity index (χ4v) is 4.48. The number of carbonyl (C=O) groups excluding carboxylic acids is 1. The minimum Gasteiger partial charge on any atom is -0.379 e. The number of halogens is 1. The van der Waals surface area contributed by atoms with Crippen molar-refractivity contribution in [2.75, 3.05) is 31.6 Å². The maximum absolute atomic E-state index is 12.7. The number of hydrogen-bond acceptors (Lipinski definition) is 7. The van der Waals surface area contributed by atoms with E-state index in [1.807, 2.05) is 0 Å². The fourth-order valence-electron chi connectivity index (χ4n) is 2.37. The number of ether oxygens (including phenoxy) is 1. The number of rotatable bonds is 5. The van der Waals surface area contributed by atoms with Crippen molar-refractivity contribution in [2.24, 2.45) is 5.73 Å². The molecule has 0 unspecified atom stereocenters. The highest BCUT2D eigenvalue weighted by atomic mass is 35.5. The van der Waals surface area contributed by atoms with Gasteiger partial charge in [0, 0.05) is 30.7 Å². The maximum Gasteiger partial charge on any atom is 0.275 e. The van der Waals surface area contributed by atoms with Gasteiger partial charge in [0.2, 0.25) is 10.0 Å². The molecule has 8 nitrogen and oxygen atoms in total. The zero-order valence-corrected chi connectivity index (χ0v) is 16.2. The lowest BCUT2D eigenvalue weighted by Gasteiger charge is -2.26. The van der Waals surface area contributed by atoms with Gasteiger partial charge in [-0.1, -0.05) is 6.07 Å². The maximum atomic E-state index is 12.7. The number of nitrogens with one attached hydrogen (secondary N) is 1. The second-order valence-corrected chi connectivity index (χ2v) is 8.21. The first-order valence-corrected chi connectivity index (χ1v) is 9.96. The molecule has 0 aliphatic carbocycles. The highest BCUT2D eigenvalue weighted by Gasteiger charge is 2.26. The van der Waals surface area contributed by atoms with Crippen LogP contribution in [-0.4, -0.2) is 49.9 Å². The van der Waals surface area contributed by atoms with Crippen LogP contribution in [0.25, 0.3) is 0 Å². The largest absolute Gasteiger partial charge is 0.379 e. The van der Waals surface area contributed by atoms with Gasteiger partial charge in [-0.25, -0.2) is 13.4 Å². The average molecular weight is 419 g/mol. The average Bonchev–Trinajstić information content (AvgIpc) is 3.12. The standard InChI is InChI=1S/C15H18N4O4S2.ClH/c16-9-14-18-13(10-24-14)15(20)17-11-2-1-3-12(8-11)25(21,22)19-4-6-23-7-5-19;/h1-3,8,10H,4-7,9,16H2,(H,17,20);1H. The first-order valence-electron chi connectivity index (χ1n) is 7.64. The Morgan fingerprint density at radius 3 is 2.73 bits per heavy atom. The zero-order valence-electron chi connectivity index (χ0n) is 13.8. The molecule has 2 aromatic rings. The third-order valence-electron chi connectivity index (χ3n) is 3.66.